The zero-order chi connectivity index (χ0) is 13.1. The summed E-state index contributed by atoms with van der Waals surface area (Å²) in [7, 11) is 0. The molecule has 0 aliphatic carbocycles. The molecule has 94 valence electrons. The van der Waals surface area contributed by atoms with E-state index in [0.29, 0.717) is 17.1 Å². The Morgan fingerprint density at radius 3 is 2.84 bits per heavy atom. The Hall–Kier alpha value is -2.62. The van der Waals surface area contributed by atoms with E-state index in [9.17, 15) is 4.79 Å². The minimum absolute atomic E-state index is 0.249. The van der Waals surface area contributed by atoms with Crippen molar-refractivity contribution < 1.29 is 14.1 Å². The molecule has 0 bridgehead atoms. The molecule has 19 heavy (non-hydrogen) atoms. The fourth-order valence-electron chi connectivity index (χ4n) is 1.99. The number of aromatic nitrogens is 1. The van der Waals surface area contributed by atoms with Crippen molar-refractivity contribution in [2.24, 2.45) is 0 Å². The van der Waals surface area contributed by atoms with E-state index in [1.807, 2.05) is 30.3 Å². The van der Waals surface area contributed by atoms with Crippen molar-refractivity contribution in [3.8, 4) is 5.75 Å². The van der Waals surface area contributed by atoms with E-state index >= 15 is 0 Å². The number of hydrogen-bond donors (Lipinski definition) is 0. The third kappa shape index (κ3) is 2.20. The molecule has 0 saturated carbocycles. The van der Waals surface area contributed by atoms with Crippen LogP contribution in [-0.2, 0) is 6.61 Å². The van der Waals surface area contributed by atoms with Crippen molar-refractivity contribution in [3.05, 3.63) is 60.0 Å². The fraction of sp³-hybridized carbons (Fsp3) is 0.0667. The van der Waals surface area contributed by atoms with E-state index in [2.05, 4.69) is 5.16 Å². The van der Waals surface area contributed by atoms with Gasteiger partial charge in [0.15, 0.2) is 12.0 Å². The number of benzene rings is 2. The molecule has 4 nitrogen and oxygen atoms in total. The van der Waals surface area contributed by atoms with Gasteiger partial charge in [-0.25, -0.2) is 0 Å². The lowest BCUT2D eigenvalue weighted by atomic mass is 10.0. The highest BCUT2D eigenvalue weighted by atomic mass is 16.5. The molecule has 1 aromatic heterocycles. The zero-order valence-electron chi connectivity index (χ0n) is 10.1. The molecule has 0 fully saturated rings. The first-order valence-electron chi connectivity index (χ1n) is 5.88. The second kappa shape index (κ2) is 4.94. The Morgan fingerprint density at radius 2 is 2.05 bits per heavy atom. The third-order valence-corrected chi connectivity index (χ3v) is 2.91. The summed E-state index contributed by atoms with van der Waals surface area (Å²) >= 11 is 0. The van der Waals surface area contributed by atoms with Crippen LogP contribution in [0.1, 0.15) is 16.1 Å². The number of hydrogen-bond acceptors (Lipinski definition) is 4. The molecule has 0 aliphatic heterocycles. The van der Waals surface area contributed by atoms with Gasteiger partial charge in [0.1, 0.15) is 12.4 Å². The molecule has 1 heterocycles. The van der Waals surface area contributed by atoms with Crippen LogP contribution >= 0.6 is 0 Å². The molecule has 2 aromatic carbocycles. The zero-order valence-corrected chi connectivity index (χ0v) is 10.1. The van der Waals surface area contributed by atoms with Crippen molar-refractivity contribution in [2.75, 3.05) is 0 Å². The maximum atomic E-state index is 11.3. The smallest absolute Gasteiger partial charge is 0.174 e. The second-order valence-corrected chi connectivity index (χ2v) is 4.08. The number of nitrogens with zero attached hydrogens (tertiary/aromatic N) is 1. The van der Waals surface area contributed by atoms with Gasteiger partial charge in [-0.2, -0.15) is 0 Å². The molecule has 3 rings (SSSR count). The highest BCUT2D eigenvalue weighted by molar-refractivity contribution is 6.00. The SMILES string of the molecule is O=Cc1c(OCc2ccno2)ccc2ccccc12. The van der Waals surface area contributed by atoms with Crippen LogP contribution < -0.4 is 4.74 Å². The first-order chi connectivity index (χ1) is 9.38. The summed E-state index contributed by atoms with van der Waals surface area (Å²) in [6.45, 7) is 0.249. The minimum atomic E-state index is 0.249. The van der Waals surface area contributed by atoms with Gasteiger partial charge in [0.2, 0.25) is 0 Å². The molecule has 3 aromatic rings. The molecular formula is C15H11NO3. The monoisotopic (exact) mass is 253 g/mol. The van der Waals surface area contributed by atoms with E-state index in [1.54, 1.807) is 18.3 Å². The van der Waals surface area contributed by atoms with Crippen LogP contribution in [0.15, 0.2) is 53.2 Å². The predicted octanol–water partition coefficient (Wildman–Crippen LogP) is 3.22. The standard InChI is InChI=1S/C15H11NO3/c17-9-14-13-4-2-1-3-11(13)5-6-15(14)18-10-12-7-8-16-19-12/h1-9H,10H2. The fourth-order valence-corrected chi connectivity index (χ4v) is 1.99. The Labute approximate surface area is 109 Å². The van der Waals surface area contributed by atoms with E-state index < -0.39 is 0 Å². The van der Waals surface area contributed by atoms with Gasteiger partial charge in [0, 0.05) is 6.07 Å². The average molecular weight is 253 g/mol. The minimum Gasteiger partial charge on any atom is -0.485 e. The van der Waals surface area contributed by atoms with Crippen LogP contribution in [0, 0.1) is 0 Å². The maximum Gasteiger partial charge on any atom is 0.174 e. The molecule has 0 atom stereocenters. The van der Waals surface area contributed by atoms with Crippen molar-refractivity contribution in [1.82, 2.24) is 5.16 Å². The molecule has 0 unspecified atom stereocenters. The first kappa shape index (κ1) is 11.5. The van der Waals surface area contributed by atoms with Gasteiger partial charge in [-0.05, 0) is 16.8 Å². The van der Waals surface area contributed by atoms with Gasteiger partial charge in [0.05, 0.1) is 11.8 Å². The van der Waals surface area contributed by atoms with Crippen molar-refractivity contribution >= 4 is 17.1 Å². The highest BCUT2D eigenvalue weighted by Gasteiger charge is 2.08. The average Bonchev–Trinajstić information content (AvgIpc) is 2.97. The normalized spacial score (nSPS) is 10.5. The van der Waals surface area contributed by atoms with E-state index in [4.69, 9.17) is 9.26 Å². The summed E-state index contributed by atoms with van der Waals surface area (Å²) < 4.78 is 10.6. The number of rotatable bonds is 4. The Bertz CT molecular complexity index is 704. The Morgan fingerprint density at radius 1 is 1.16 bits per heavy atom. The number of fused-ring (bicyclic) bond motifs is 1. The summed E-state index contributed by atoms with van der Waals surface area (Å²) in [5.74, 6) is 1.16. The summed E-state index contributed by atoms with van der Waals surface area (Å²) in [6.07, 6.45) is 2.37. The number of carbonyl (C=O) groups is 1. The largest absolute Gasteiger partial charge is 0.485 e. The Kier molecular flexibility index (Phi) is 2.98. The number of ether oxygens (including phenoxy) is 1. The molecule has 0 amide bonds. The topological polar surface area (TPSA) is 52.3 Å². The van der Waals surface area contributed by atoms with Crippen LogP contribution in [0.5, 0.6) is 5.75 Å². The first-order valence-corrected chi connectivity index (χ1v) is 5.88. The molecule has 0 saturated heterocycles. The molecule has 0 aliphatic rings. The summed E-state index contributed by atoms with van der Waals surface area (Å²) in [4.78, 5) is 11.3. The van der Waals surface area contributed by atoms with Crippen LogP contribution in [0.2, 0.25) is 0 Å². The predicted molar refractivity (Wildman–Crippen MR) is 70.2 cm³/mol. The quantitative estimate of drug-likeness (QED) is 0.670. The van der Waals surface area contributed by atoms with Gasteiger partial charge in [-0.1, -0.05) is 35.5 Å². The van der Waals surface area contributed by atoms with Crippen LogP contribution in [0.4, 0.5) is 0 Å². The summed E-state index contributed by atoms with van der Waals surface area (Å²) in [5.41, 5.74) is 0.553. The maximum absolute atomic E-state index is 11.3. The molecule has 0 spiro atoms. The molecular weight excluding hydrogens is 242 g/mol. The summed E-state index contributed by atoms with van der Waals surface area (Å²) in [5, 5.41) is 5.50. The molecule has 0 N–H and O–H groups in total. The Balaban J connectivity index is 1.96. The highest BCUT2D eigenvalue weighted by Crippen LogP contribution is 2.27. The van der Waals surface area contributed by atoms with Gasteiger partial charge in [0.25, 0.3) is 0 Å². The van der Waals surface area contributed by atoms with E-state index in [0.717, 1.165) is 17.1 Å². The summed E-state index contributed by atoms with van der Waals surface area (Å²) in [6, 6.07) is 13.1. The molecule has 0 radical (unpaired) electrons. The van der Waals surface area contributed by atoms with E-state index in [-0.39, 0.29) is 6.61 Å². The van der Waals surface area contributed by atoms with Crippen molar-refractivity contribution in [1.29, 1.82) is 0 Å². The van der Waals surface area contributed by atoms with Crippen LogP contribution in [-0.4, -0.2) is 11.4 Å². The van der Waals surface area contributed by atoms with Gasteiger partial charge in [-0.15, -0.1) is 0 Å². The van der Waals surface area contributed by atoms with E-state index in [1.165, 1.54) is 0 Å². The van der Waals surface area contributed by atoms with Crippen LogP contribution in [0.3, 0.4) is 0 Å². The second-order valence-electron chi connectivity index (χ2n) is 4.08. The van der Waals surface area contributed by atoms with Gasteiger partial charge in [-0.3, -0.25) is 4.79 Å². The van der Waals surface area contributed by atoms with Gasteiger partial charge < -0.3 is 9.26 Å². The van der Waals surface area contributed by atoms with Crippen LogP contribution in [0.25, 0.3) is 10.8 Å². The lowest BCUT2D eigenvalue weighted by Crippen LogP contribution is -1.98. The van der Waals surface area contributed by atoms with Crippen molar-refractivity contribution in [3.63, 3.8) is 0 Å². The number of aldehydes is 1. The number of carbonyl (C=O) groups excluding carboxylic acids is 1. The van der Waals surface area contributed by atoms with Gasteiger partial charge >= 0.3 is 0 Å². The third-order valence-electron chi connectivity index (χ3n) is 2.91. The molecule has 4 heteroatoms. The van der Waals surface area contributed by atoms with Crippen molar-refractivity contribution in [2.45, 2.75) is 6.61 Å². The lowest BCUT2D eigenvalue weighted by molar-refractivity contribution is 0.112. The lowest BCUT2D eigenvalue weighted by Gasteiger charge is -2.09.